The lowest BCUT2D eigenvalue weighted by Crippen LogP contribution is -2.31. The Morgan fingerprint density at radius 3 is 2.70 bits per heavy atom. The Morgan fingerprint density at radius 1 is 1.50 bits per heavy atom. The van der Waals surface area contributed by atoms with Crippen LogP contribution in [0.1, 0.15) is 33.0 Å². The average Bonchev–Trinajstić information content (AvgIpc) is 2.75. The number of nitrogens with zero attached hydrogens (tertiary/aromatic N) is 5. The number of hydrogen-bond acceptors (Lipinski definition) is 5. The van der Waals surface area contributed by atoms with Gasteiger partial charge in [0.25, 0.3) is 0 Å². The lowest BCUT2D eigenvalue weighted by Gasteiger charge is -2.20. The van der Waals surface area contributed by atoms with E-state index < -0.39 is 0 Å². The summed E-state index contributed by atoms with van der Waals surface area (Å²) in [7, 11) is 0. The third-order valence-electron chi connectivity index (χ3n) is 3.12. The van der Waals surface area contributed by atoms with Crippen molar-refractivity contribution in [1.82, 2.24) is 19.2 Å². The molecule has 0 aromatic carbocycles. The average molecular weight is 297 g/mol. The largest absolute Gasteiger partial charge is 0.388 e. The van der Waals surface area contributed by atoms with Gasteiger partial charge in [0.2, 0.25) is 0 Å². The number of aliphatic hydroxyl groups excluding tert-OH is 1. The highest BCUT2D eigenvalue weighted by Crippen LogP contribution is 2.06. The molecule has 20 heavy (non-hydrogen) atoms. The zero-order chi connectivity index (χ0) is 15.1. The van der Waals surface area contributed by atoms with Gasteiger partial charge in [0.05, 0.1) is 18.7 Å². The van der Waals surface area contributed by atoms with Gasteiger partial charge in [-0.2, -0.15) is 10.4 Å². The maximum Gasteiger partial charge on any atom is 0.199 e. The summed E-state index contributed by atoms with van der Waals surface area (Å²) >= 11 is 5.41. The minimum Gasteiger partial charge on any atom is -0.388 e. The van der Waals surface area contributed by atoms with E-state index >= 15 is 0 Å². The molecule has 112 valence electrons. The second kappa shape index (κ2) is 8.15. The van der Waals surface area contributed by atoms with Crippen molar-refractivity contribution in [3.63, 3.8) is 0 Å². The van der Waals surface area contributed by atoms with Crippen molar-refractivity contribution in [3.05, 3.63) is 10.6 Å². The topological polar surface area (TPSA) is 70.0 Å². The summed E-state index contributed by atoms with van der Waals surface area (Å²) in [5.41, 5.74) is 0. The molecule has 1 unspecified atom stereocenters. The minimum atomic E-state index is -0.114. The highest BCUT2D eigenvalue weighted by atomic mass is 32.1. The molecular formula is C13H23N5OS. The zero-order valence-corrected chi connectivity index (χ0v) is 13.2. The fraction of sp³-hybridized carbons (Fsp3) is 0.769. The van der Waals surface area contributed by atoms with Crippen molar-refractivity contribution in [2.45, 2.75) is 47.0 Å². The van der Waals surface area contributed by atoms with Gasteiger partial charge in [-0.25, -0.2) is 4.68 Å². The van der Waals surface area contributed by atoms with Crippen LogP contribution in [0.3, 0.4) is 0 Å². The van der Waals surface area contributed by atoms with Crippen molar-refractivity contribution in [1.29, 1.82) is 5.26 Å². The minimum absolute atomic E-state index is 0.0286. The van der Waals surface area contributed by atoms with Crippen molar-refractivity contribution in [2.24, 2.45) is 5.92 Å². The fourth-order valence-electron chi connectivity index (χ4n) is 2.05. The lowest BCUT2D eigenvalue weighted by atomic mass is 10.2. The summed E-state index contributed by atoms with van der Waals surface area (Å²) in [6, 6.07) is 2.24. The van der Waals surface area contributed by atoms with E-state index in [-0.39, 0.29) is 12.5 Å². The van der Waals surface area contributed by atoms with E-state index in [1.807, 2.05) is 18.4 Å². The van der Waals surface area contributed by atoms with E-state index in [1.54, 1.807) is 4.68 Å². The van der Waals surface area contributed by atoms with Crippen LogP contribution >= 0.6 is 12.2 Å². The van der Waals surface area contributed by atoms with Gasteiger partial charge >= 0.3 is 0 Å². The number of aliphatic hydroxyl groups is 1. The van der Waals surface area contributed by atoms with Crippen molar-refractivity contribution in [3.8, 4) is 6.07 Å². The molecule has 0 bridgehead atoms. The summed E-state index contributed by atoms with van der Waals surface area (Å²) < 4.78 is 4.22. The third-order valence-corrected chi connectivity index (χ3v) is 3.55. The van der Waals surface area contributed by atoms with Gasteiger partial charge in [-0.1, -0.05) is 13.8 Å². The molecule has 0 saturated carbocycles. The quantitative estimate of drug-likeness (QED) is 0.740. The van der Waals surface area contributed by atoms with Gasteiger partial charge in [0, 0.05) is 13.1 Å². The predicted molar refractivity (Wildman–Crippen MR) is 79.3 cm³/mol. The molecule has 0 radical (unpaired) electrons. The zero-order valence-electron chi connectivity index (χ0n) is 12.4. The molecule has 0 amide bonds. The number of aromatic nitrogens is 3. The maximum atomic E-state index is 9.36. The molecule has 7 heteroatoms. The second-order valence-electron chi connectivity index (χ2n) is 4.85. The van der Waals surface area contributed by atoms with E-state index in [0.717, 1.165) is 19.5 Å². The molecule has 0 saturated heterocycles. The molecule has 0 aliphatic carbocycles. The van der Waals surface area contributed by atoms with E-state index in [2.05, 4.69) is 23.0 Å². The third kappa shape index (κ3) is 4.13. The van der Waals surface area contributed by atoms with Crippen LogP contribution in [0.4, 0.5) is 0 Å². The Balaban J connectivity index is 2.91. The molecule has 1 atom stereocenters. The summed E-state index contributed by atoms with van der Waals surface area (Å²) in [6.07, 6.45) is 0.940. The van der Waals surface area contributed by atoms with Gasteiger partial charge < -0.3 is 9.67 Å². The Morgan fingerprint density at radius 2 is 2.20 bits per heavy atom. The first kappa shape index (κ1) is 16.8. The molecule has 1 aromatic heterocycles. The SMILES string of the molecule is CCCn1c(CO)nn(CN(CC)CC(C)C#N)c1=S. The van der Waals surface area contributed by atoms with Crippen molar-refractivity contribution in [2.75, 3.05) is 13.1 Å². The standard InChI is InChI=1S/C13H23N5OS/c1-4-6-17-12(9-19)15-18(13(17)20)10-16(5-2)8-11(3)7-14/h11,19H,4-6,8-10H2,1-3H3. The molecule has 6 nitrogen and oxygen atoms in total. The molecule has 0 fully saturated rings. The molecule has 0 aliphatic rings. The van der Waals surface area contributed by atoms with Crippen molar-refractivity contribution < 1.29 is 5.11 Å². The molecule has 1 rings (SSSR count). The summed E-state index contributed by atoms with van der Waals surface area (Å²) in [5, 5.41) is 22.6. The van der Waals surface area contributed by atoms with Gasteiger partial charge in [0.1, 0.15) is 6.61 Å². The molecule has 1 N–H and O–H groups in total. The Bertz CT molecular complexity index is 516. The van der Waals surface area contributed by atoms with Crippen LogP contribution in [-0.4, -0.2) is 37.4 Å². The van der Waals surface area contributed by atoms with Crippen LogP contribution in [-0.2, 0) is 19.8 Å². The number of nitriles is 1. The summed E-state index contributed by atoms with van der Waals surface area (Å²) in [5.74, 6) is 0.570. The number of hydrogen-bond donors (Lipinski definition) is 1. The van der Waals surface area contributed by atoms with Gasteiger partial charge in [0.15, 0.2) is 10.6 Å². The smallest absolute Gasteiger partial charge is 0.199 e. The molecule has 1 aromatic rings. The maximum absolute atomic E-state index is 9.36. The molecule has 0 spiro atoms. The van der Waals surface area contributed by atoms with Gasteiger partial charge in [-0.05, 0) is 32.1 Å². The summed E-state index contributed by atoms with van der Waals surface area (Å²) in [4.78, 5) is 2.12. The highest BCUT2D eigenvalue weighted by molar-refractivity contribution is 7.71. The van der Waals surface area contributed by atoms with E-state index in [9.17, 15) is 5.11 Å². The van der Waals surface area contributed by atoms with Crippen molar-refractivity contribution >= 4 is 12.2 Å². The monoisotopic (exact) mass is 297 g/mol. The van der Waals surface area contributed by atoms with E-state index in [0.29, 0.717) is 23.8 Å². The molecule has 0 aliphatic heterocycles. The van der Waals surface area contributed by atoms with Gasteiger partial charge in [-0.3, -0.25) is 4.90 Å². The molecule has 1 heterocycles. The normalized spacial score (nSPS) is 12.6. The number of rotatable bonds is 8. The first-order valence-corrected chi connectivity index (χ1v) is 7.37. The van der Waals surface area contributed by atoms with Crippen LogP contribution in [0, 0.1) is 22.0 Å². The summed E-state index contributed by atoms with van der Waals surface area (Å²) in [6.45, 7) is 8.71. The predicted octanol–water partition coefficient (Wildman–Crippen LogP) is 1.76. The Hall–Kier alpha value is -1.23. The van der Waals surface area contributed by atoms with Crippen LogP contribution in [0.15, 0.2) is 0 Å². The van der Waals surface area contributed by atoms with E-state index in [1.165, 1.54) is 0 Å². The van der Waals surface area contributed by atoms with Crippen LogP contribution in [0.5, 0.6) is 0 Å². The van der Waals surface area contributed by atoms with Crippen LogP contribution in [0.2, 0.25) is 0 Å². The fourth-order valence-corrected chi connectivity index (χ4v) is 2.34. The first-order chi connectivity index (χ1) is 9.57. The lowest BCUT2D eigenvalue weighted by molar-refractivity contribution is 0.200. The highest BCUT2D eigenvalue weighted by Gasteiger charge is 2.13. The first-order valence-electron chi connectivity index (χ1n) is 6.96. The Labute approximate surface area is 125 Å². The van der Waals surface area contributed by atoms with Crippen LogP contribution in [0.25, 0.3) is 0 Å². The van der Waals surface area contributed by atoms with Gasteiger partial charge in [-0.15, -0.1) is 0 Å². The van der Waals surface area contributed by atoms with E-state index in [4.69, 9.17) is 17.5 Å². The second-order valence-corrected chi connectivity index (χ2v) is 5.21. The van der Waals surface area contributed by atoms with Crippen LogP contribution < -0.4 is 0 Å². The molecular weight excluding hydrogens is 274 g/mol. The Kier molecular flexibility index (Phi) is 6.85.